The molecule has 3 rings (SSSR count). The minimum Gasteiger partial charge on any atom is -0.383 e. The first-order chi connectivity index (χ1) is 9.06. The number of carbonyl (C=O) groups excluding carboxylic acids is 2. The minimum absolute atomic E-state index is 0.205. The van der Waals surface area contributed by atoms with E-state index in [-0.39, 0.29) is 17.7 Å². The molecule has 0 radical (unpaired) electrons. The summed E-state index contributed by atoms with van der Waals surface area (Å²) in [7, 11) is 1.78. The molecule has 2 amide bonds. The highest BCUT2D eigenvalue weighted by Gasteiger charge is 2.28. The van der Waals surface area contributed by atoms with Crippen molar-refractivity contribution in [1.82, 2.24) is 15.1 Å². The predicted octanol–water partition coefficient (Wildman–Crippen LogP) is 0.676. The van der Waals surface area contributed by atoms with Crippen molar-refractivity contribution in [1.29, 1.82) is 0 Å². The van der Waals surface area contributed by atoms with Gasteiger partial charge in [-0.1, -0.05) is 6.07 Å². The van der Waals surface area contributed by atoms with Gasteiger partial charge in [0.25, 0.3) is 0 Å². The van der Waals surface area contributed by atoms with E-state index >= 15 is 0 Å². The fourth-order valence-electron chi connectivity index (χ4n) is 2.46. The van der Waals surface area contributed by atoms with E-state index in [9.17, 15) is 9.59 Å². The van der Waals surface area contributed by atoms with Crippen LogP contribution in [0.4, 0.5) is 5.82 Å². The van der Waals surface area contributed by atoms with Crippen LogP contribution in [0.2, 0.25) is 0 Å². The number of hydrogen-bond acceptors (Lipinski definition) is 4. The maximum absolute atomic E-state index is 11.8. The number of aromatic nitrogens is 2. The maximum atomic E-state index is 11.8. The van der Waals surface area contributed by atoms with Gasteiger partial charge in [-0.2, -0.15) is 5.10 Å². The molecule has 6 nitrogen and oxygen atoms in total. The van der Waals surface area contributed by atoms with E-state index in [1.807, 2.05) is 18.2 Å². The van der Waals surface area contributed by atoms with Crippen molar-refractivity contribution in [2.45, 2.75) is 18.8 Å². The topological polar surface area (TPSA) is 90.0 Å². The second kappa shape index (κ2) is 4.08. The van der Waals surface area contributed by atoms with Gasteiger partial charge in [0.15, 0.2) is 0 Å². The summed E-state index contributed by atoms with van der Waals surface area (Å²) in [4.78, 5) is 23.0. The molecular weight excluding hydrogens is 244 g/mol. The first-order valence-corrected chi connectivity index (χ1v) is 6.12. The molecule has 1 aromatic heterocycles. The number of hydrogen-bond donors (Lipinski definition) is 2. The molecule has 0 saturated carbocycles. The normalized spacial score (nSPS) is 19.7. The predicted molar refractivity (Wildman–Crippen MR) is 70.3 cm³/mol. The summed E-state index contributed by atoms with van der Waals surface area (Å²) < 4.78 is 1.61. The molecule has 1 aromatic carbocycles. The lowest BCUT2D eigenvalue weighted by Crippen LogP contribution is -2.39. The molecule has 2 heterocycles. The van der Waals surface area contributed by atoms with Gasteiger partial charge in [0, 0.05) is 18.9 Å². The van der Waals surface area contributed by atoms with Crippen molar-refractivity contribution >= 4 is 28.5 Å². The molecule has 1 atom stereocenters. The number of aryl methyl sites for hydroxylation is 1. The molecule has 0 bridgehead atoms. The highest BCUT2D eigenvalue weighted by molar-refractivity contribution is 6.01. The lowest BCUT2D eigenvalue weighted by Gasteiger charge is -2.21. The summed E-state index contributed by atoms with van der Waals surface area (Å²) in [6.07, 6.45) is 0.910. The fourth-order valence-corrected chi connectivity index (χ4v) is 2.46. The molecule has 0 spiro atoms. The third kappa shape index (κ3) is 1.85. The Morgan fingerprint density at radius 3 is 2.95 bits per heavy atom. The smallest absolute Gasteiger partial charge is 0.234 e. The van der Waals surface area contributed by atoms with Gasteiger partial charge in [0.1, 0.15) is 5.82 Å². The van der Waals surface area contributed by atoms with Crippen LogP contribution in [0, 0.1) is 0 Å². The van der Waals surface area contributed by atoms with E-state index in [0.717, 1.165) is 16.5 Å². The Hall–Kier alpha value is -2.37. The second-order valence-electron chi connectivity index (χ2n) is 4.79. The molecule has 6 heteroatoms. The Kier molecular flexibility index (Phi) is 2.51. The van der Waals surface area contributed by atoms with Crippen LogP contribution in [0.5, 0.6) is 0 Å². The third-order valence-corrected chi connectivity index (χ3v) is 3.54. The van der Waals surface area contributed by atoms with Crippen molar-refractivity contribution in [2.24, 2.45) is 7.05 Å². The van der Waals surface area contributed by atoms with Crippen LogP contribution in [-0.2, 0) is 16.6 Å². The van der Waals surface area contributed by atoms with Gasteiger partial charge in [-0.3, -0.25) is 19.6 Å². The summed E-state index contributed by atoms with van der Waals surface area (Å²) in [5.41, 5.74) is 7.61. The van der Waals surface area contributed by atoms with Crippen molar-refractivity contribution in [3.8, 4) is 0 Å². The van der Waals surface area contributed by atoms with Gasteiger partial charge in [0.2, 0.25) is 11.8 Å². The molecule has 1 aliphatic heterocycles. The van der Waals surface area contributed by atoms with Crippen molar-refractivity contribution < 1.29 is 9.59 Å². The Morgan fingerprint density at radius 1 is 1.42 bits per heavy atom. The molecule has 2 aromatic rings. The summed E-state index contributed by atoms with van der Waals surface area (Å²) in [5.74, 6) is -0.160. The molecule has 1 fully saturated rings. The molecule has 98 valence electrons. The average molecular weight is 258 g/mol. The first-order valence-electron chi connectivity index (χ1n) is 6.12. The number of nitrogens with two attached hydrogens (primary N) is 1. The number of piperidine rings is 1. The zero-order valence-electron chi connectivity index (χ0n) is 10.5. The Bertz CT molecular complexity index is 689. The van der Waals surface area contributed by atoms with Crippen molar-refractivity contribution in [3.05, 3.63) is 23.8 Å². The zero-order chi connectivity index (χ0) is 13.6. The molecule has 3 N–H and O–H groups in total. The highest BCUT2D eigenvalue weighted by Crippen LogP contribution is 2.29. The number of fused-ring (bicyclic) bond motifs is 1. The summed E-state index contributed by atoms with van der Waals surface area (Å²) >= 11 is 0. The summed E-state index contributed by atoms with van der Waals surface area (Å²) in [5, 5.41) is 7.47. The molecule has 19 heavy (non-hydrogen) atoms. The maximum Gasteiger partial charge on any atom is 0.234 e. The number of imide groups is 1. The van der Waals surface area contributed by atoms with Crippen LogP contribution in [-0.4, -0.2) is 21.6 Å². The Labute approximate surface area is 109 Å². The van der Waals surface area contributed by atoms with Gasteiger partial charge in [0.05, 0.1) is 11.4 Å². The molecule has 0 aliphatic carbocycles. The monoisotopic (exact) mass is 258 g/mol. The SMILES string of the molecule is Cn1nc2ccc(C3CCC(=O)NC3=O)cc2c1N. The first kappa shape index (κ1) is 11.7. The fraction of sp³-hybridized carbons (Fsp3) is 0.308. The van der Waals surface area contributed by atoms with Crippen LogP contribution in [0.3, 0.4) is 0 Å². The standard InChI is InChI=1S/C13H14N4O2/c1-17-12(14)9-6-7(2-4-10(9)16-17)8-3-5-11(18)15-13(8)19/h2,4,6,8H,3,5,14H2,1H3,(H,15,18,19). The molecule has 1 aliphatic rings. The number of nitrogen functional groups attached to an aromatic ring is 1. The van der Waals surface area contributed by atoms with Crippen LogP contribution < -0.4 is 11.1 Å². The van der Waals surface area contributed by atoms with Gasteiger partial charge in [-0.05, 0) is 24.1 Å². The van der Waals surface area contributed by atoms with Crippen LogP contribution in [0.25, 0.3) is 10.9 Å². The quantitative estimate of drug-likeness (QED) is 0.736. The average Bonchev–Trinajstić information content (AvgIpc) is 2.65. The number of benzene rings is 1. The summed E-state index contributed by atoms with van der Waals surface area (Å²) in [6, 6.07) is 5.61. The summed E-state index contributed by atoms with van der Waals surface area (Å²) in [6.45, 7) is 0. The third-order valence-electron chi connectivity index (χ3n) is 3.54. The van der Waals surface area contributed by atoms with Crippen molar-refractivity contribution in [2.75, 3.05) is 5.73 Å². The number of nitrogens with zero attached hydrogens (tertiary/aromatic N) is 2. The van der Waals surface area contributed by atoms with Gasteiger partial charge in [-0.25, -0.2) is 0 Å². The number of rotatable bonds is 1. The lowest BCUT2D eigenvalue weighted by molar-refractivity contribution is -0.134. The number of carbonyl (C=O) groups is 2. The van der Waals surface area contributed by atoms with E-state index in [4.69, 9.17) is 5.73 Å². The van der Waals surface area contributed by atoms with Crippen LogP contribution in [0.15, 0.2) is 18.2 Å². The molecule has 1 saturated heterocycles. The molecule has 1 unspecified atom stereocenters. The van der Waals surface area contributed by atoms with Crippen molar-refractivity contribution in [3.63, 3.8) is 0 Å². The van der Waals surface area contributed by atoms with E-state index < -0.39 is 0 Å². The van der Waals surface area contributed by atoms with Gasteiger partial charge in [-0.15, -0.1) is 0 Å². The van der Waals surface area contributed by atoms with Gasteiger partial charge >= 0.3 is 0 Å². The highest BCUT2D eigenvalue weighted by atomic mass is 16.2. The minimum atomic E-state index is -0.290. The Morgan fingerprint density at radius 2 is 2.21 bits per heavy atom. The van der Waals surface area contributed by atoms with E-state index in [0.29, 0.717) is 18.7 Å². The van der Waals surface area contributed by atoms with E-state index in [1.165, 1.54) is 0 Å². The van der Waals surface area contributed by atoms with Gasteiger partial charge < -0.3 is 5.73 Å². The largest absolute Gasteiger partial charge is 0.383 e. The number of amides is 2. The lowest BCUT2D eigenvalue weighted by atomic mass is 9.90. The zero-order valence-corrected chi connectivity index (χ0v) is 10.5. The van der Waals surface area contributed by atoms with Crippen LogP contribution in [0.1, 0.15) is 24.3 Å². The molecular formula is C13H14N4O2. The number of nitrogens with one attached hydrogen (secondary N) is 1. The van der Waals surface area contributed by atoms with E-state index in [1.54, 1.807) is 11.7 Å². The Balaban J connectivity index is 2.03. The second-order valence-corrected chi connectivity index (χ2v) is 4.79. The van der Waals surface area contributed by atoms with E-state index in [2.05, 4.69) is 10.4 Å². The number of anilines is 1. The van der Waals surface area contributed by atoms with Crippen LogP contribution >= 0.6 is 0 Å².